The van der Waals surface area contributed by atoms with Crippen molar-refractivity contribution in [3.63, 3.8) is 0 Å². The van der Waals surface area contributed by atoms with Crippen LogP contribution in [0.25, 0.3) is 0 Å². The van der Waals surface area contributed by atoms with Gasteiger partial charge in [-0.2, -0.15) is 0 Å². The molecule has 0 aliphatic rings. The minimum atomic E-state index is -1.90. The summed E-state index contributed by atoms with van der Waals surface area (Å²) in [6.45, 7) is 5.00. The van der Waals surface area contributed by atoms with Crippen LogP contribution in [0.4, 0.5) is 0 Å². The van der Waals surface area contributed by atoms with Gasteiger partial charge in [0, 0.05) is 18.9 Å². The van der Waals surface area contributed by atoms with Gasteiger partial charge in [0.15, 0.2) is 0 Å². The summed E-state index contributed by atoms with van der Waals surface area (Å²) in [5.74, 6) is -0.0340. The molecule has 0 amide bonds. The summed E-state index contributed by atoms with van der Waals surface area (Å²) in [6, 6.07) is 0. The quantitative estimate of drug-likeness (QED) is 0.0621. The lowest BCUT2D eigenvalue weighted by Crippen LogP contribution is -2.37. The molecule has 0 fully saturated rings. The number of hydrogen-bond donors (Lipinski definition) is 1. The van der Waals surface area contributed by atoms with Crippen molar-refractivity contribution in [3.8, 4) is 0 Å². The van der Waals surface area contributed by atoms with Crippen molar-refractivity contribution in [2.45, 2.75) is 103 Å². The van der Waals surface area contributed by atoms with Crippen molar-refractivity contribution < 1.29 is 33.4 Å². The predicted molar refractivity (Wildman–Crippen MR) is 141 cm³/mol. The van der Waals surface area contributed by atoms with Crippen molar-refractivity contribution >= 4 is 14.9 Å². The minimum absolute atomic E-state index is 0. The Balaban J connectivity index is 0. The molecule has 0 aliphatic carbocycles. The number of nitrogens with zero attached hydrogens (tertiary/aromatic N) is 1. The van der Waals surface area contributed by atoms with Crippen LogP contribution in [0.5, 0.6) is 0 Å². The fraction of sp³-hybridized carbons (Fsp3) is 0.962. The molecule has 0 saturated carbocycles. The van der Waals surface area contributed by atoms with Gasteiger partial charge in [-0.25, -0.2) is 0 Å². The van der Waals surface area contributed by atoms with Crippen molar-refractivity contribution in [3.05, 3.63) is 0 Å². The molecule has 0 aromatic rings. The van der Waals surface area contributed by atoms with Gasteiger partial charge in [-0.1, -0.05) is 90.4 Å². The highest BCUT2D eigenvalue weighted by molar-refractivity contribution is 7.40. The smallest absolute Gasteiger partial charge is 0.330 e. The topological polar surface area (TPSA) is 95.0 Å². The number of likely N-dealkylation sites (N-methyl/N-ethyl adjacent to an activating group) is 1. The van der Waals surface area contributed by atoms with Crippen molar-refractivity contribution in [2.24, 2.45) is 5.92 Å². The zero-order valence-electron chi connectivity index (χ0n) is 22.7. The second kappa shape index (κ2) is 25.9. The molecule has 0 rings (SSSR count). The number of hydrogen-bond acceptors (Lipinski definition) is 6. The summed E-state index contributed by atoms with van der Waals surface area (Å²) in [4.78, 5) is 20.8. The fourth-order valence-corrected chi connectivity index (χ4v) is 4.22. The number of ether oxygens (including phenoxy) is 1. The van der Waals surface area contributed by atoms with Gasteiger partial charge in [0.05, 0.1) is 34.4 Å². The molecular formula is C26H56NO6P. The average Bonchev–Trinajstić information content (AvgIpc) is 2.76. The van der Waals surface area contributed by atoms with Gasteiger partial charge < -0.3 is 33.4 Å². The van der Waals surface area contributed by atoms with Gasteiger partial charge in [0.1, 0.15) is 19.4 Å². The molecule has 0 aliphatic heterocycles. The third-order valence-electron chi connectivity index (χ3n) is 5.81. The second-order valence-corrected chi connectivity index (χ2v) is 11.3. The van der Waals surface area contributed by atoms with E-state index in [1.807, 2.05) is 0 Å². The maximum Gasteiger partial charge on any atom is 0.330 e. The Morgan fingerprint density at radius 2 is 1.26 bits per heavy atom. The Bertz CT molecular complexity index is 423. The van der Waals surface area contributed by atoms with Crippen LogP contribution in [0, 0.1) is 5.92 Å². The number of rotatable bonds is 26. The highest BCUT2D eigenvalue weighted by atomic mass is 31.2. The standard InChI is InChI=1S/C26H55NO5P.H2O/c1-5-6-7-8-9-10-11-12-13-14-15-16-17-18-22-30-24-26(19-21-28)25-32-33(29)31-23-20-27(2,3)4;/h21,26,29H,5-20,22-25H2,1-4H3;1H2/q+1;/p-1. The van der Waals surface area contributed by atoms with E-state index in [4.69, 9.17) is 13.8 Å². The highest BCUT2D eigenvalue weighted by Gasteiger charge is 2.15. The summed E-state index contributed by atoms with van der Waals surface area (Å²) in [5.41, 5.74) is 0. The highest BCUT2D eigenvalue weighted by Crippen LogP contribution is 2.33. The van der Waals surface area contributed by atoms with E-state index in [-0.39, 0.29) is 18.0 Å². The molecule has 0 spiro atoms. The lowest BCUT2D eigenvalue weighted by Gasteiger charge is -2.24. The van der Waals surface area contributed by atoms with Crippen molar-refractivity contribution in [1.82, 2.24) is 0 Å². The van der Waals surface area contributed by atoms with E-state index in [9.17, 15) is 9.69 Å². The van der Waals surface area contributed by atoms with Crippen LogP contribution in [-0.4, -0.2) is 75.3 Å². The molecule has 0 aromatic carbocycles. The zero-order chi connectivity index (χ0) is 24.6. The Morgan fingerprint density at radius 1 is 0.765 bits per heavy atom. The van der Waals surface area contributed by atoms with E-state index >= 15 is 0 Å². The summed E-state index contributed by atoms with van der Waals surface area (Å²) >= 11 is 0. The molecule has 2 atom stereocenters. The Labute approximate surface area is 211 Å². The molecule has 7 nitrogen and oxygen atoms in total. The lowest BCUT2D eigenvalue weighted by atomic mass is 10.0. The van der Waals surface area contributed by atoms with Crippen LogP contribution in [0.1, 0.15) is 103 Å². The van der Waals surface area contributed by atoms with Crippen LogP contribution >= 0.6 is 8.60 Å². The fourth-order valence-electron chi connectivity index (χ4n) is 3.57. The molecule has 2 unspecified atom stereocenters. The molecule has 0 bridgehead atoms. The third kappa shape index (κ3) is 28.1. The largest absolute Gasteiger partial charge is 0.870 e. The van der Waals surface area contributed by atoms with Gasteiger partial charge in [-0.15, -0.1) is 0 Å². The maximum absolute atomic E-state index is 10.9. The Hall–Kier alpha value is -0.140. The molecule has 206 valence electrons. The first kappa shape index (κ1) is 36.0. The maximum atomic E-state index is 10.9. The second-order valence-electron chi connectivity index (χ2n) is 10.3. The third-order valence-corrected chi connectivity index (χ3v) is 6.58. The van der Waals surface area contributed by atoms with Crippen LogP contribution in [0.2, 0.25) is 0 Å². The first-order chi connectivity index (χ1) is 15.9. The van der Waals surface area contributed by atoms with E-state index < -0.39 is 8.60 Å². The van der Waals surface area contributed by atoms with E-state index in [1.54, 1.807) is 0 Å². The Kier molecular flexibility index (Phi) is 27.5. The number of carbonyl (C=O) groups is 1. The summed E-state index contributed by atoms with van der Waals surface area (Å²) in [7, 11) is 4.31. The van der Waals surface area contributed by atoms with E-state index in [0.717, 1.165) is 30.3 Å². The van der Waals surface area contributed by atoms with Gasteiger partial charge >= 0.3 is 8.60 Å². The molecule has 0 heterocycles. The average molecular weight is 510 g/mol. The van der Waals surface area contributed by atoms with Crippen molar-refractivity contribution in [1.29, 1.82) is 0 Å². The first-order valence-corrected chi connectivity index (χ1v) is 14.6. The molecule has 0 saturated heterocycles. The van der Waals surface area contributed by atoms with E-state index in [2.05, 4.69) is 28.1 Å². The lowest BCUT2D eigenvalue weighted by molar-refractivity contribution is -0.870. The number of carbonyl (C=O) groups excluding carboxylic acids is 1. The Morgan fingerprint density at radius 3 is 1.74 bits per heavy atom. The van der Waals surface area contributed by atoms with E-state index in [1.165, 1.54) is 83.5 Å². The monoisotopic (exact) mass is 509 g/mol. The first-order valence-electron chi connectivity index (χ1n) is 13.5. The molecule has 0 radical (unpaired) electrons. The van der Waals surface area contributed by atoms with Crippen molar-refractivity contribution in [2.75, 3.05) is 54.1 Å². The minimum Gasteiger partial charge on any atom is -0.870 e. The van der Waals surface area contributed by atoms with Crippen LogP contribution < -0.4 is 0 Å². The van der Waals surface area contributed by atoms with Crippen LogP contribution in [-0.2, 0) is 18.6 Å². The number of unbranched alkanes of at least 4 members (excludes halogenated alkanes) is 13. The molecule has 8 heteroatoms. The van der Waals surface area contributed by atoms with Gasteiger partial charge in [-0.3, -0.25) is 0 Å². The number of quaternary nitrogens is 1. The van der Waals surface area contributed by atoms with E-state index in [0.29, 0.717) is 19.6 Å². The van der Waals surface area contributed by atoms with Gasteiger partial charge in [-0.05, 0) is 6.42 Å². The van der Waals surface area contributed by atoms with Crippen LogP contribution in [0.3, 0.4) is 0 Å². The molecule has 2 N–H and O–H groups in total. The van der Waals surface area contributed by atoms with Gasteiger partial charge in [0.2, 0.25) is 0 Å². The van der Waals surface area contributed by atoms with Gasteiger partial charge in [0.25, 0.3) is 0 Å². The molecule has 34 heavy (non-hydrogen) atoms. The number of aldehydes is 1. The predicted octanol–water partition coefficient (Wildman–Crippen LogP) is 6.47. The van der Waals surface area contributed by atoms with Crippen LogP contribution in [0.15, 0.2) is 0 Å². The zero-order valence-corrected chi connectivity index (χ0v) is 23.6. The normalized spacial score (nSPS) is 13.4. The summed E-state index contributed by atoms with van der Waals surface area (Å²) < 4.78 is 17.3. The molecule has 0 aromatic heterocycles. The summed E-state index contributed by atoms with van der Waals surface area (Å²) in [6.07, 6.45) is 20.1. The SMILES string of the molecule is CCCCCCCCCCCCCCCCOCC(CC=O)COP(O)OCC[N+](C)(C)C.[OH-]. The molecular weight excluding hydrogens is 453 g/mol. The summed E-state index contributed by atoms with van der Waals surface area (Å²) in [5, 5.41) is 0.